The summed E-state index contributed by atoms with van der Waals surface area (Å²) in [6.07, 6.45) is -2.91. The van der Waals surface area contributed by atoms with Crippen LogP contribution in [0.3, 0.4) is 0 Å². The highest BCUT2D eigenvalue weighted by molar-refractivity contribution is 5.46. The Morgan fingerprint density at radius 1 is 1.50 bits per heavy atom. The molecule has 0 amide bonds. The van der Waals surface area contributed by atoms with Crippen molar-refractivity contribution in [3.63, 3.8) is 0 Å². The standard InChI is InChI=1S/C10H7F2N3O/c1-16-10-8(5-14)7(9(11)12)4-6(15-10)2-3-13/h4,9H,2H2,1H3. The van der Waals surface area contributed by atoms with Gasteiger partial charge in [0.15, 0.2) is 0 Å². The van der Waals surface area contributed by atoms with Gasteiger partial charge in [-0.25, -0.2) is 13.8 Å². The number of aromatic nitrogens is 1. The highest BCUT2D eigenvalue weighted by Gasteiger charge is 2.19. The SMILES string of the molecule is COc1nc(CC#N)cc(C(F)F)c1C#N. The van der Waals surface area contributed by atoms with Crippen LogP contribution in [0.15, 0.2) is 6.07 Å². The summed E-state index contributed by atoms with van der Waals surface area (Å²) in [5.74, 6) is -0.175. The summed E-state index contributed by atoms with van der Waals surface area (Å²) < 4.78 is 30.0. The normalized spacial score (nSPS) is 9.62. The Morgan fingerprint density at radius 2 is 2.19 bits per heavy atom. The van der Waals surface area contributed by atoms with Crippen LogP contribution in [0.5, 0.6) is 5.88 Å². The minimum atomic E-state index is -2.80. The second-order valence-corrected chi connectivity index (χ2v) is 2.83. The summed E-state index contributed by atoms with van der Waals surface area (Å²) in [6.45, 7) is 0. The quantitative estimate of drug-likeness (QED) is 0.785. The van der Waals surface area contributed by atoms with E-state index in [1.807, 2.05) is 0 Å². The molecular weight excluding hydrogens is 216 g/mol. The van der Waals surface area contributed by atoms with Gasteiger partial charge >= 0.3 is 0 Å². The highest BCUT2D eigenvalue weighted by Crippen LogP contribution is 2.28. The third kappa shape index (κ3) is 2.23. The van der Waals surface area contributed by atoms with E-state index < -0.39 is 12.0 Å². The van der Waals surface area contributed by atoms with Crippen molar-refractivity contribution in [1.29, 1.82) is 10.5 Å². The second-order valence-electron chi connectivity index (χ2n) is 2.83. The van der Waals surface area contributed by atoms with Crippen LogP contribution >= 0.6 is 0 Å². The Bertz CT molecular complexity index is 474. The lowest BCUT2D eigenvalue weighted by molar-refractivity contribution is 0.150. The average molecular weight is 223 g/mol. The van der Waals surface area contributed by atoms with E-state index in [1.54, 1.807) is 12.1 Å². The van der Waals surface area contributed by atoms with Gasteiger partial charge in [0.2, 0.25) is 5.88 Å². The fourth-order valence-corrected chi connectivity index (χ4v) is 1.20. The van der Waals surface area contributed by atoms with Crippen LogP contribution in [0.4, 0.5) is 8.78 Å². The first-order chi connectivity index (χ1) is 7.63. The van der Waals surface area contributed by atoms with E-state index in [0.717, 1.165) is 6.07 Å². The summed E-state index contributed by atoms with van der Waals surface area (Å²) in [6, 6.07) is 4.46. The van der Waals surface area contributed by atoms with E-state index >= 15 is 0 Å². The maximum absolute atomic E-state index is 12.6. The Labute approximate surface area is 90.7 Å². The smallest absolute Gasteiger partial charge is 0.265 e. The number of hydrogen-bond donors (Lipinski definition) is 0. The van der Waals surface area contributed by atoms with E-state index in [2.05, 4.69) is 4.98 Å². The summed E-state index contributed by atoms with van der Waals surface area (Å²) in [5, 5.41) is 17.2. The zero-order chi connectivity index (χ0) is 12.1. The molecule has 0 unspecified atom stereocenters. The number of pyridine rings is 1. The van der Waals surface area contributed by atoms with Crippen LogP contribution in [0.1, 0.15) is 23.2 Å². The Morgan fingerprint density at radius 3 is 2.62 bits per heavy atom. The average Bonchev–Trinajstić information content (AvgIpc) is 2.28. The molecule has 0 spiro atoms. The summed E-state index contributed by atoms with van der Waals surface area (Å²) >= 11 is 0. The van der Waals surface area contributed by atoms with Crippen molar-refractivity contribution >= 4 is 0 Å². The number of hydrogen-bond acceptors (Lipinski definition) is 4. The Kier molecular flexibility index (Phi) is 3.73. The molecule has 16 heavy (non-hydrogen) atoms. The predicted octanol–water partition coefficient (Wildman–Crippen LogP) is 1.97. The molecule has 0 N–H and O–H groups in total. The third-order valence-corrected chi connectivity index (χ3v) is 1.87. The van der Waals surface area contributed by atoms with Gasteiger partial charge in [0.25, 0.3) is 6.43 Å². The first-order valence-electron chi connectivity index (χ1n) is 4.27. The molecule has 0 radical (unpaired) electrons. The van der Waals surface area contributed by atoms with E-state index in [9.17, 15) is 8.78 Å². The van der Waals surface area contributed by atoms with Crippen molar-refractivity contribution in [2.75, 3.05) is 7.11 Å². The van der Waals surface area contributed by atoms with E-state index in [0.29, 0.717) is 0 Å². The molecule has 0 saturated heterocycles. The Hall–Kier alpha value is -2.21. The lowest BCUT2D eigenvalue weighted by Crippen LogP contribution is -2.02. The van der Waals surface area contributed by atoms with Gasteiger partial charge in [0.1, 0.15) is 11.6 Å². The predicted molar refractivity (Wildman–Crippen MR) is 49.8 cm³/mol. The van der Waals surface area contributed by atoms with Crippen LogP contribution in [0.2, 0.25) is 0 Å². The monoisotopic (exact) mass is 223 g/mol. The molecule has 1 aromatic heterocycles. The minimum absolute atomic E-state index is 0.109. The molecule has 0 atom stereocenters. The number of nitriles is 2. The van der Waals surface area contributed by atoms with Gasteiger partial charge in [0, 0.05) is 5.56 Å². The van der Waals surface area contributed by atoms with Crippen LogP contribution in [-0.2, 0) is 6.42 Å². The molecular formula is C10H7F2N3O. The maximum Gasteiger partial charge on any atom is 0.265 e. The lowest BCUT2D eigenvalue weighted by atomic mass is 10.1. The van der Waals surface area contributed by atoms with Crippen molar-refractivity contribution in [2.45, 2.75) is 12.8 Å². The number of rotatable bonds is 3. The topological polar surface area (TPSA) is 69.7 Å². The second kappa shape index (κ2) is 5.04. The number of nitrogens with zero attached hydrogens (tertiary/aromatic N) is 3. The third-order valence-electron chi connectivity index (χ3n) is 1.87. The molecule has 0 aliphatic rings. The molecule has 0 aromatic carbocycles. The first-order valence-corrected chi connectivity index (χ1v) is 4.27. The van der Waals surface area contributed by atoms with Crippen LogP contribution in [0, 0.1) is 22.7 Å². The van der Waals surface area contributed by atoms with Crippen molar-refractivity contribution in [2.24, 2.45) is 0 Å². The van der Waals surface area contributed by atoms with E-state index in [4.69, 9.17) is 15.3 Å². The van der Waals surface area contributed by atoms with Gasteiger partial charge in [-0.1, -0.05) is 0 Å². The summed E-state index contributed by atoms with van der Waals surface area (Å²) in [7, 11) is 1.23. The molecule has 0 fully saturated rings. The van der Waals surface area contributed by atoms with Crippen molar-refractivity contribution in [3.8, 4) is 18.0 Å². The van der Waals surface area contributed by atoms with Gasteiger partial charge in [-0.05, 0) is 6.07 Å². The zero-order valence-corrected chi connectivity index (χ0v) is 8.37. The molecule has 4 nitrogen and oxygen atoms in total. The van der Waals surface area contributed by atoms with Crippen molar-refractivity contribution in [1.82, 2.24) is 4.98 Å². The number of alkyl halides is 2. The number of ether oxygens (including phenoxy) is 1. The van der Waals surface area contributed by atoms with Crippen molar-refractivity contribution < 1.29 is 13.5 Å². The lowest BCUT2D eigenvalue weighted by Gasteiger charge is -2.08. The van der Waals surface area contributed by atoms with Gasteiger partial charge in [-0.15, -0.1) is 0 Å². The van der Waals surface area contributed by atoms with Crippen LogP contribution < -0.4 is 4.74 Å². The number of halogens is 2. The largest absolute Gasteiger partial charge is 0.480 e. The molecule has 6 heteroatoms. The molecule has 0 aliphatic carbocycles. The fraction of sp³-hybridized carbons (Fsp3) is 0.300. The Balaban J connectivity index is 3.40. The number of methoxy groups -OCH3 is 1. The molecule has 82 valence electrons. The molecule has 0 aliphatic heterocycles. The minimum Gasteiger partial charge on any atom is -0.480 e. The molecule has 0 saturated carbocycles. The van der Waals surface area contributed by atoms with E-state index in [1.165, 1.54) is 7.11 Å². The molecule has 0 bridgehead atoms. The highest BCUT2D eigenvalue weighted by atomic mass is 19.3. The maximum atomic E-state index is 12.6. The summed E-state index contributed by atoms with van der Waals surface area (Å²) in [4.78, 5) is 3.79. The van der Waals surface area contributed by atoms with Crippen LogP contribution in [-0.4, -0.2) is 12.1 Å². The summed E-state index contributed by atoms with van der Waals surface area (Å²) in [5.41, 5.74) is -0.590. The van der Waals surface area contributed by atoms with Gasteiger partial charge in [0.05, 0.1) is 25.3 Å². The first kappa shape index (κ1) is 11.9. The van der Waals surface area contributed by atoms with Gasteiger partial charge < -0.3 is 4.74 Å². The fourth-order valence-electron chi connectivity index (χ4n) is 1.20. The van der Waals surface area contributed by atoms with Gasteiger partial charge in [-0.3, -0.25) is 0 Å². The van der Waals surface area contributed by atoms with Crippen LogP contribution in [0.25, 0.3) is 0 Å². The zero-order valence-electron chi connectivity index (χ0n) is 8.37. The molecule has 1 rings (SSSR count). The molecule has 1 aromatic rings. The van der Waals surface area contributed by atoms with Crippen molar-refractivity contribution in [3.05, 3.63) is 22.9 Å². The van der Waals surface area contributed by atoms with Gasteiger partial charge in [-0.2, -0.15) is 10.5 Å². The molecule has 1 heterocycles. The van der Waals surface area contributed by atoms with E-state index in [-0.39, 0.29) is 23.6 Å².